The Morgan fingerprint density at radius 3 is 2.76 bits per heavy atom. The number of hydrogen-bond acceptors (Lipinski definition) is 4. The molecule has 1 heterocycles. The Hall–Kier alpha value is -0.860. The van der Waals surface area contributed by atoms with E-state index < -0.39 is 11.9 Å². The number of amides is 1. The summed E-state index contributed by atoms with van der Waals surface area (Å²) in [6.45, 7) is 0.501. The fraction of sp³-hybridized carbons (Fsp3) is 0.667. The number of carbonyl (C=O) groups excluding carboxylic acids is 1. The standard InChI is InChI=1S/C12H16F3N3OS.ClH/c13-12(14,15)9-6-20-10(18-9)5-17-11(19)8-3-1-2-7(8)4-16;/h6-8H,1-5,16H2,(H,17,19);1H/t7-,8-;/m1./s1. The second-order valence-electron chi connectivity index (χ2n) is 4.88. The lowest BCUT2D eigenvalue weighted by molar-refractivity contribution is -0.140. The maximum absolute atomic E-state index is 12.4. The van der Waals surface area contributed by atoms with Crippen LogP contribution in [0, 0.1) is 11.8 Å². The predicted octanol–water partition coefficient (Wildman–Crippen LogP) is 2.57. The predicted molar refractivity (Wildman–Crippen MR) is 76.1 cm³/mol. The first-order valence-electron chi connectivity index (χ1n) is 6.41. The topological polar surface area (TPSA) is 68.0 Å². The van der Waals surface area contributed by atoms with Crippen LogP contribution in [0.25, 0.3) is 0 Å². The molecule has 9 heteroatoms. The molecule has 1 aromatic rings. The highest BCUT2D eigenvalue weighted by atomic mass is 35.5. The van der Waals surface area contributed by atoms with Crippen molar-refractivity contribution in [3.63, 3.8) is 0 Å². The van der Waals surface area contributed by atoms with E-state index in [2.05, 4.69) is 10.3 Å². The van der Waals surface area contributed by atoms with Gasteiger partial charge in [0.15, 0.2) is 5.69 Å². The van der Waals surface area contributed by atoms with Crippen molar-refractivity contribution in [1.29, 1.82) is 0 Å². The van der Waals surface area contributed by atoms with Gasteiger partial charge in [0.1, 0.15) is 5.01 Å². The van der Waals surface area contributed by atoms with Crippen LogP contribution in [0.15, 0.2) is 5.38 Å². The fourth-order valence-corrected chi connectivity index (χ4v) is 3.22. The summed E-state index contributed by atoms with van der Waals surface area (Å²) in [5, 5.41) is 3.87. The van der Waals surface area contributed by atoms with Gasteiger partial charge in [0.2, 0.25) is 5.91 Å². The Labute approximate surface area is 130 Å². The Bertz CT molecular complexity index is 481. The third-order valence-electron chi connectivity index (χ3n) is 3.55. The molecule has 0 aromatic carbocycles. The number of alkyl halides is 3. The van der Waals surface area contributed by atoms with E-state index in [-0.39, 0.29) is 41.7 Å². The molecule has 0 saturated heterocycles. The van der Waals surface area contributed by atoms with Gasteiger partial charge < -0.3 is 11.1 Å². The Morgan fingerprint density at radius 1 is 1.48 bits per heavy atom. The van der Waals surface area contributed by atoms with Crippen molar-refractivity contribution in [3.8, 4) is 0 Å². The average Bonchev–Trinajstić information content (AvgIpc) is 3.03. The zero-order chi connectivity index (χ0) is 14.8. The van der Waals surface area contributed by atoms with Gasteiger partial charge >= 0.3 is 6.18 Å². The zero-order valence-electron chi connectivity index (χ0n) is 11.2. The third kappa shape index (κ3) is 4.55. The smallest absolute Gasteiger partial charge is 0.349 e. The SMILES string of the molecule is Cl.NC[C@H]1CCC[C@H]1C(=O)NCc1nc(C(F)(F)F)cs1. The molecule has 0 aliphatic heterocycles. The highest BCUT2D eigenvalue weighted by molar-refractivity contribution is 7.09. The molecule has 0 spiro atoms. The van der Waals surface area contributed by atoms with Gasteiger partial charge in [-0.05, 0) is 25.3 Å². The van der Waals surface area contributed by atoms with Gasteiger partial charge in [-0.15, -0.1) is 23.7 Å². The van der Waals surface area contributed by atoms with Gasteiger partial charge in [0.05, 0.1) is 6.54 Å². The summed E-state index contributed by atoms with van der Waals surface area (Å²) in [7, 11) is 0. The number of thiazole rings is 1. The summed E-state index contributed by atoms with van der Waals surface area (Å²) in [5.41, 5.74) is 4.70. The highest BCUT2D eigenvalue weighted by Gasteiger charge is 2.34. The van der Waals surface area contributed by atoms with Crippen molar-refractivity contribution in [3.05, 3.63) is 16.1 Å². The molecular weight excluding hydrogens is 327 g/mol. The van der Waals surface area contributed by atoms with E-state index in [0.717, 1.165) is 36.0 Å². The van der Waals surface area contributed by atoms with Crippen LogP contribution in [-0.4, -0.2) is 17.4 Å². The number of aromatic nitrogens is 1. The highest BCUT2D eigenvalue weighted by Crippen LogP contribution is 2.32. The Balaban J connectivity index is 0.00000220. The lowest BCUT2D eigenvalue weighted by Gasteiger charge is -2.16. The minimum atomic E-state index is -4.44. The van der Waals surface area contributed by atoms with Gasteiger partial charge in [-0.25, -0.2) is 4.98 Å². The van der Waals surface area contributed by atoms with E-state index in [4.69, 9.17) is 5.73 Å². The number of nitrogens with zero attached hydrogens (tertiary/aromatic N) is 1. The molecule has 3 N–H and O–H groups in total. The molecule has 0 unspecified atom stereocenters. The van der Waals surface area contributed by atoms with Crippen LogP contribution >= 0.6 is 23.7 Å². The quantitative estimate of drug-likeness (QED) is 0.883. The van der Waals surface area contributed by atoms with Crippen molar-refractivity contribution < 1.29 is 18.0 Å². The molecule has 120 valence electrons. The number of halogens is 4. The molecule has 2 rings (SSSR count). The molecule has 1 fully saturated rings. The van der Waals surface area contributed by atoms with Gasteiger partial charge in [-0.2, -0.15) is 13.2 Å². The lowest BCUT2D eigenvalue weighted by atomic mass is 9.95. The van der Waals surface area contributed by atoms with E-state index in [0.29, 0.717) is 6.54 Å². The van der Waals surface area contributed by atoms with Crippen LogP contribution in [-0.2, 0) is 17.5 Å². The molecule has 1 saturated carbocycles. The summed E-state index contributed by atoms with van der Waals surface area (Å²) in [6, 6.07) is 0. The first kappa shape index (κ1) is 18.2. The maximum Gasteiger partial charge on any atom is 0.434 e. The van der Waals surface area contributed by atoms with Gasteiger partial charge in [0, 0.05) is 11.3 Å². The van der Waals surface area contributed by atoms with E-state index in [9.17, 15) is 18.0 Å². The summed E-state index contributed by atoms with van der Waals surface area (Å²) in [4.78, 5) is 15.5. The summed E-state index contributed by atoms with van der Waals surface area (Å²) in [5.74, 6) is -0.0826. The van der Waals surface area contributed by atoms with Gasteiger partial charge in [-0.3, -0.25) is 4.79 Å². The molecule has 1 amide bonds. The van der Waals surface area contributed by atoms with Gasteiger partial charge in [-0.1, -0.05) is 6.42 Å². The molecule has 0 radical (unpaired) electrons. The normalized spacial score (nSPS) is 21.9. The van der Waals surface area contributed by atoms with Crippen LogP contribution in [0.4, 0.5) is 13.2 Å². The number of carbonyl (C=O) groups is 1. The molecule has 1 aliphatic carbocycles. The maximum atomic E-state index is 12.4. The first-order valence-corrected chi connectivity index (χ1v) is 7.29. The number of nitrogens with one attached hydrogen (secondary N) is 1. The largest absolute Gasteiger partial charge is 0.434 e. The van der Waals surface area contributed by atoms with Crippen molar-refractivity contribution >= 4 is 29.7 Å². The zero-order valence-corrected chi connectivity index (χ0v) is 12.8. The van der Waals surface area contributed by atoms with E-state index in [1.165, 1.54) is 0 Å². The van der Waals surface area contributed by atoms with E-state index in [1.54, 1.807) is 0 Å². The molecular formula is C12H17ClF3N3OS. The molecule has 1 aromatic heterocycles. The first-order chi connectivity index (χ1) is 9.41. The molecule has 4 nitrogen and oxygen atoms in total. The van der Waals surface area contributed by atoms with Crippen LogP contribution in [0.1, 0.15) is 30.0 Å². The number of nitrogens with two attached hydrogens (primary N) is 1. The summed E-state index contributed by atoms with van der Waals surface area (Å²) < 4.78 is 37.2. The monoisotopic (exact) mass is 343 g/mol. The van der Waals surface area contributed by atoms with Crippen molar-refractivity contribution in [2.45, 2.75) is 32.0 Å². The average molecular weight is 344 g/mol. The van der Waals surface area contributed by atoms with E-state index in [1.807, 2.05) is 0 Å². The second-order valence-corrected chi connectivity index (χ2v) is 5.82. The Kier molecular flexibility index (Phi) is 6.42. The molecule has 2 atom stereocenters. The second kappa shape index (κ2) is 7.42. The van der Waals surface area contributed by atoms with Crippen LogP contribution < -0.4 is 11.1 Å². The van der Waals surface area contributed by atoms with Crippen LogP contribution in [0.2, 0.25) is 0 Å². The van der Waals surface area contributed by atoms with Crippen molar-refractivity contribution in [2.75, 3.05) is 6.54 Å². The number of rotatable bonds is 4. The van der Waals surface area contributed by atoms with Crippen molar-refractivity contribution in [1.82, 2.24) is 10.3 Å². The fourth-order valence-electron chi connectivity index (χ4n) is 2.48. The van der Waals surface area contributed by atoms with E-state index >= 15 is 0 Å². The number of hydrogen-bond donors (Lipinski definition) is 2. The summed E-state index contributed by atoms with van der Waals surface area (Å²) >= 11 is 0.897. The van der Waals surface area contributed by atoms with Crippen LogP contribution in [0.3, 0.4) is 0 Å². The Morgan fingerprint density at radius 2 is 2.19 bits per heavy atom. The molecule has 1 aliphatic rings. The minimum absolute atomic E-state index is 0. The minimum Gasteiger partial charge on any atom is -0.349 e. The summed E-state index contributed by atoms with van der Waals surface area (Å²) in [6.07, 6.45) is -1.74. The molecule has 21 heavy (non-hydrogen) atoms. The van der Waals surface area contributed by atoms with Gasteiger partial charge in [0.25, 0.3) is 0 Å². The third-order valence-corrected chi connectivity index (χ3v) is 4.40. The van der Waals surface area contributed by atoms with Crippen LogP contribution in [0.5, 0.6) is 0 Å². The molecule has 0 bridgehead atoms. The lowest BCUT2D eigenvalue weighted by Crippen LogP contribution is -2.34. The van der Waals surface area contributed by atoms with Crippen molar-refractivity contribution in [2.24, 2.45) is 17.6 Å².